The third-order valence-corrected chi connectivity index (χ3v) is 4.57. The lowest BCUT2D eigenvalue weighted by Crippen LogP contribution is -2.42. The first-order valence-electron chi connectivity index (χ1n) is 9.19. The van der Waals surface area contributed by atoms with Gasteiger partial charge >= 0.3 is 0 Å². The van der Waals surface area contributed by atoms with Gasteiger partial charge in [0.1, 0.15) is 17.6 Å². The van der Waals surface area contributed by atoms with Crippen molar-refractivity contribution in [2.24, 2.45) is 0 Å². The van der Waals surface area contributed by atoms with Gasteiger partial charge in [-0.25, -0.2) is 0 Å². The molecule has 3 aromatic rings. The minimum absolute atomic E-state index is 0.103. The van der Waals surface area contributed by atoms with Crippen molar-refractivity contribution >= 4 is 35.7 Å². The number of carbonyl (C=O) groups excluding carboxylic acids is 3. The number of halogens is 1. The Kier molecular flexibility index (Phi) is 7.13. The molecule has 31 heavy (non-hydrogen) atoms. The molecule has 3 aromatic carbocycles. The lowest BCUT2D eigenvalue weighted by atomic mass is 10.0. The van der Waals surface area contributed by atoms with E-state index in [-0.39, 0.29) is 17.1 Å². The highest BCUT2D eigenvalue weighted by Gasteiger charge is 2.25. The van der Waals surface area contributed by atoms with E-state index in [9.17, 15) is 14.4 Å². The molecule has 2 amide bonds. The molecule has 8 heteroatoms. The molecule has 3 rings (SSSR count). The molecule has 156 valence electrons. The number of hydrogen-bond donors (Lipinski definition) is 3. The second kappa shape index (κ2) is 10.2. The minimum atomic E-state index is -1.11. The molecule has 0 aliphatic rings. The van der Waals surface area contributed by atoms with Crippen LogP contribution in [0.4, 0.5) is 0 Å². The Morgan fingerprint density at radius 1 is 0.935 bits per heavy atom. The smallest absolute Gasteiger partial charge is 0.298 e. The van der Waals surface area contributed by atoms with Crippen LogP contribution in [0.2, 0.25) is 5.02 Å². The van der Waals surface area contributed by atoms with Crippen molar-refractivity contribution in [3.05, 3.63) is 101 Å². The van der Waals surface area contributed by atoms with Crippen molar-refractivity contribution in [1.82, 2.24) is 10.6 Å². The number of rotatable bonds is 7. The predicted molar refractivity (Wildman–Crippen MR) is 116 cm³/mol. The molecule has 1 atom stereocenters. The highest BCUT2D eigenvalue weighted by molar-refractivity contribution is 6.31. The fourth-order valence-electron chi connectivity index (χ4n) is 2.81. The standard InChI is InChI=1S/C23H18ClN3O4/c24-18-8-4-7-17(13-18)22(29)26-20(15-9-11-19(12-10-15)31-14-28)23(30)27-21(25)16-5-2-1-3-6-16/h1-14,20H,(H,26,29)(H2,25,27,30). The first kappa shape index (κ1) is 21.7. The number of ether oxygens (including phenoxy) is 1. The largest absolute Gasteiger partial charge is 0.429 e. The molecule has 0 aliphatic heterocycles. The van der Waals surface area contributed by atoms with Gasteiger partial charge in [-0.1, -0.05) is 60.1 Å². The SMILES string of the molecule is N=C(NC(=O)C(NC(=O)c1cccc(Cl)c1)c1ccc(OC=O)cc1)c1ccccc1. The highest BCUT2D eigenvalue weighted by atomic mass is 35.5. The molecule has 0 heterocycles. The summed E-state index contributed by atoms with van der Waals surface area (Å²) >= 11 is 5.96. The van der Waals surface area contributed by atoms with Gasteiger partial charge in [-0.15, -0.1) is 0 Å². The van der Waals surface area contributed by atoms with E-state index in [1.165, 1.54) is 18.2 Å². The van der Waals surface area contributed by atoms with E-state index >= 15 is 0 Å². The van der Waals surface area contributed by atoms with E-state index in [1.54, 1.807) is 60.7 Å². The van der Waals surface area contributed by atoms with E-state index < -0.39 is 17.9 Å². The Morgan fingerprint density at radius 2 is 1.61 bits per heavy atom. The number of nitrogens with one attached hydrogen (secondary N) is 3. The van der Waals surface area contributed by atoms with Crippen LogP contribution in [0.3, 0.4) is 0 Å². The molecule has 3 N–H and O–H groups in total. The number of carbonyl (C=O) groups is 3. The predicted octanol–water partition coefficient (Wildman–Crippen LogP) is 3.49. The summed E-state index contributed by atoms with van der Waals surface area (Å²) < 4.78 is 4.77. The Balaban J connectivity index is 1.85. The van der Waals surface area contributed by atoms with E-state index in [1.807, 2.05) is 0 Å². The van der Waals surface area contributed by atoms with Crippen LogP contribution < -0.4 is 15.4 Å². The van der Waals surface area contributed by atoms with Gasteiger partial charge in [0.15, 0.2) is 0 Å². The summed E-state index contributed by atoms with van der Waals surface area (Å²) in [6, 6.07) is 20.0. The van der Waals surface area contributed by atoms with Crippen molar-refractivity contribution in [1.29, 1.82) is 5.41 Å². The third-order valence-electron chi connectivity index (χ3n) is 4.33. The molecule has 0 fully saturated rings. The topological polar surface area (TPSA) is 108 Å². The summed E-state index contributed by atoms with van der Waals surface area (Å²) in [4.78, 5) is 36.2. The number of amidine groups is 1. The van der Waals surface area contributed by atoms with Gasteiger partial charge < -0.3 is 15.4 Å². The van der Waals surface area contributed by atoms with Crippen LogP contribution in [0.25, 0.3) is 0 Å². The van der Waals surface area contributed by atoms with E-state index in [2.05, 4.69) is 10.6 Å². The maximum atomic E-state index is 13.0. The summed E-state index contributed by atoms with van der Waals surface area (Å²) in [5.74, 6) is -0.931. The van der Waals surface area contributed by atoms with Crippen molar-refractivity contribution in [3.63, 3.8) is 0 Å². The average Bonchev–Trinajstić information content (AvgIpc) is 2.78. The monoisotopic (exact) mass is 435 g/mol. The zero-order chi connectivity index (χ0) is 22.2. The van der Waals surface area contributed by atoms with Crippen LogP contribution in [-0.4, -0.2) is 24.1 Å². The molecule has 7 nitrogen and oxygen atoms in total. The van der Waals surface area contributed by atoms with Crippen molar-refractivity contribution in [2.75, 3.05) is 0 Å². The highest BCUT2D eigenvalue weighted by Crippen LogP contribution is 2.20. The van der Waals surface area contributed by atoms with Crippen molar-refractivity contribution in [3.8, 4) is 5.75 Å². The Bertz CT molecular complexity index is 1100. The minimum Gasteiger partial charge on any atom is -0.429 e. The zero-order valence-electron chi connectivity index (χ0n) is 16.2. The Morgan fingerprint density at radius 3 is 2.26 bits per heavy atom. The van der Waals surface area contributed by atoms with Gasteiger partial charge in [0, 0.05) is 16.1 Å². The summed E-state index contributed by atoms with van der Waals surface area (Å²) in [6.07, 6.45) is 0. The third kappa shape index (κ3) is 5.77. The van der Waals surface area contributed by atoms with Gasteiger partial charge in [-0.3, -0.25) is 19.8 Å². The molecule has 0 saturated heterocycles. The average molecular weight is 436 g/mol. The fourth-order valence-corrected chi connectivity index (χ4v) is 3.00. The molecule has 0 spiro atoms. The van der Waals surface area contributed by atoms with Crippen molar-refractivity contribution in [2.45, 2.75) is 6.04 Å². The van der Waals surface area contributed by atoms with Gasteiger partial charge in [-0.05, 0) is 35.9 Å². The van der Waals surface area contributed by atoms with E-state index in [0.717, 1.165) is 0 Å². The molecule has 0 radical (unpaired) electrons. The number of benzene rings is 3. The molecule has 0 bridgehead atoms. The molecular weight excluding hydrogens is 418 g/mol. The molecule has 0 aromatic heterocycles. The first-order chi connectivity index (χ1) is 15.0. The maximum absolute atomic E-state index is 13.0. The summed E-state index contributed by atoms with van der Waals surface area (Å²) in [6.45, 7) is 0.293. The zero-order valence-corrected chi connectivity index (χ0v) is 16.9. The second-order valence-corrected chi connectivity index (χ2v) is 6.87. The number of amides is 2. The summed E-state index contributed by atoms with van der Waals surface area (Å²) in [5.41, 5.74) is 1.24. The van der Waals surface area contributed by atoms with Crippen LogP contribution in [0.5, 0.6) is 5.75 Å². The Hall–Kier alpha value is -3.97. The molecule has 0 aliphatic carbocycles. The van der Waals surface area contributed by atoms with E-state index in [0.29, 0.717) is 22.6 Å². The van der Waals surface area contributed by atoms with Crippen LogP contribution >= 0.6 is 11.6 Å². The van der Waals surface area contributed by atoms with Crippen molar-refractivity contribution < 1.29 is 19.1 Å². The number of hydrogen-bond acceptors (Lipinski definition) is 5. The van der Waals surface area contributed by atoms with Gasteiger partial charge in [0.2, 0.25) is 0 Å². The molecule has 1 unspecified atom stereocenters. The first-order valence-corrected chi connectivity index (χ1v) is 9.57. The van der Waals surface area contributed by atoms with Crippen LogP contribution in [0, 0.1) is 5.41 Å². The summed E-state index contributed by atoms with van der Waals surface area (Å²) in [5, 5.41) is 13.7. The molecular formula is C23H18ClN3O4. The Labute approximate surface area is 183 Å². The summed E-state index contributed by atoms with van der Waals surface area (Å²) in [7, 11) is 0. The van der Waals surface area contributed by atoms with Crippen LogP contribution in [0.15, 0.2) is 78.9 Å². The van der Waals surface area contributed by atoms with Crippen LogP contribution in [-0.2, 0) is 9.59 Å². The fraction of sp³-hybridized carbons (Fsp3) is 0.0435. The lowest BCUT2D eigenvalue weighted by molar-refractivity contribution is -0.122. The van der Waals surface area contributed by atoms with E-state index in [4.69, 9.17) is 21.7 Å². The normalized spacial score (nSPS) is 11.1. The van der Waals surface area contributed by atoms with Gasteiger partial charge in [-0.2, -0.15) is 0 Å². The molecule has 0 saturated carbocycles. The lowest BCUT2D eigenvalue weighted by Gasteiger charge is -2.19. The quantitative estimate of drug-likeness (QED) is 0.300. The second-order valence-electron chi connectivity index (χ2n) is 6.43. The van der Waals surface area contributed by atoms with Crippen LogP contribution in [0.1, 0.15) is 27.5 Å². The van der Waals surface area contributed by atoms with Gasteiger partial charge in [0.05, 0.1) is 0 Å². The van der Waals surface area contributed by atoms with Gasteiger partial charge in [0.25, 0.3) is 18.3 Å². The maximum Gasteiger partial charge on any atom is 0.298 e.